The highest BCUT2D eigenvalue weighted by Crippen LogP contribution is 2.21. The van der Waals surface area contributed by atoms with Crippen molar-refractivity contribution >= 4 is 10.0 Å². The van der Waals surface area contributed by atoms with Gasteiger partial charge in [0.2, 0.25) is 10.0 Å². The Morgan fingerprint density at radius 3 is 2.39 bits per heavy atom. The van der Waals surface area contributed by atoms with Crippen molar-refractivity contribution in [2.24, 2.45) is 5.92 Å². The third-order valence-corrected chi connectivity index (χ3v) is 4.46. The van der Waals surface area contributed by atoms with Gasteiger partial charge in [-0.05, 0) is 25.0 Å². The van der Waals surface area contributed by atoms with E-state index in [1.54, 1.807) is 13.8 Å². The Labute approximate surface area is 106 Å². The molecule has 1 aromatic carbocycles. The van der Waals surface area contributed by atoms with Crippen molar-refractivity contribution in [3.63, 3.8) is 0 Å². The molecule has 0 bridgehead atoms. The van der Waals surface area contributed by atoms with E-state index in [1.165, 1.54) is 19.1 Å². The lowest BCUT2D eigenvalue weighted by Gasteiger charge is -2.26. The van der Waals surface area contributed by atoms with Crippen LogP contribution in [0.15, 0.2) is 29.2 Å². The van der Waals surface area contributed by atoms with Crippen molar-refractivity contribution < 1.29 is 12.8 Å². The number of rotatable bonds is 4. The summed E-state index contributed by atoms with van der Waals surface area (Å²) in [6.45, 7) is 4.90. The van der Waals surface area contributed by atoms with E-state index in [0.717, 1.165) is 12.1 Å². The lowest BCUT2D eigenvalue weighted by Crippen LogP contribution is -2.48. The first kappa shape index (κ1) is 14.6. The van der Waals surface area contributed by atoms with E-state index in [1.807, 2.05) is 6.07 Å². The molecule has 98 valence electrons. The Hall–Kier alpha value is -1.45. The van der Waals surface area contributed by atoms with Crippen LogP contribution >= 0.6 is 0 Å². The summed E-state index contributed by atoms with van der Waals surface area (Å²) in [5.41, 5.74) is -1.28. The van der Waals surface area contributed by atoms with E-state index in [2.05, 4.69) is 4.72 Å². The smallest absolute Gasteiger partial charge is 0.207 e. The van der Waals surface area contributed by atoms with Crippen molar-refractivity contribution in [2.75, 3.05) is 0 Å². The summed E-state index contributed by atoms with van der Waals surface area (Å²) in [7, 11) is -4.05. The van der Waals surface area contributed by atoms with Crippen LogP contribution in [0.5, 0.6) is 0 Å². The van der Waals surface area contributed by atoms with E-state index >= 15 is 0 Å². The fourth-order valence-electron chi connectivity index (χ4n) is 1.27. The van der Waals surface area contributed by atoms with Crippen molar-refractivity contribution in [3.05, 3.63) is 30.1 Å². The van der Waals surface area contributed by atoms with Gasteiger partial charge in [-0.25, -0.2) is 12.8 Å². The summed E-state index contributed by atoms with van der Waals surface area (Å²) in [6, 6.07) is 6.97. The minimum Gasteiger partial charge on any atom is -0.207 e. The van der Waals surface area contributed by atoms with Gasteiger partial charge < -0.3 is 0 Å². The highest BCUT2D eigenvalue weighted by Gasteiger charge is 2.34. The number of nitrogens with one attached hydrogen (secondary N) is 1. The summed E-state index contributed by atoms with van der Waals surface area (Å²) in [4.78, 5) is -0.452. The molecule has 1 N–H and O–H groups in total. The van der Waals surface area contributed by atoms with Crippen LogP contribution < -0.4 is 4.72 Å². The fraction of sp³-hybridized carbons (Fsp3) is 0.417. The molecule has 0 saturated carbocycles. The van der Waals surface area contributed by atoms with Crippen molar-refractivity contribution in [3.8, 4) is 6.07 Å². The third-order valence-electron chi connectivity index (χ3n) is 2.86. The number of nitriles is 1. The summed E-state index contributed by atoms with van der Waals surface area (Å²) >= 11 is 0. The lowest BCUT2D eigenvalue weighted by molar-refractivity contribution is 0.388. The van der Waals surface area contributed by atoms with Crippen molar-refractivity contribution in [1.29, 1.82) is 5.26 Å². The third kappa shape index (κ3) is 2.86. The van der Waals surface area contributed by atoms with E-state index < -0.39 is 26.3 Å². The molecule has 1 rings (SSSR count). The van der Waals surface area contributed by atoms with E-state index in [0.29, 0.717) is 0 Å². The molecular formula is C12H15FN2O2S. The highest BCUT2D eigenvalue weighted by molar-refractivity contribution is 7.89. The summed E-state index contributed by atoms with van der Waals surface area (Å²) < 4.78 is 39.8. The molecule has 0 unspecified atom stereocenters. The Kier molecular flexibility index (Phi) is 4.09. The van der Waals surface area contributed by atoms with Gasteiger partial charge in [0.1, 0.15) is 16.3 Å². The minimum atomic E-state index is -4.05. The second-order valence-electron chi connectivity index (χ2n) is 4.50. The first-order valence-electron chi connectivity index (χ1n) is 5.42. The van der Waals surface area contributed by atoms with Gasteiger partial charge in [0, 0.05) is 0 Å². The maximum atomic E-state index is 13.5. The van der Waals surface area contributed by atoms with Gasteiger partial charge in [-0.3, -0.25) is 0 Å². The van der Waals surface area contributed by atoms with Gasteiger partial charge in [-0.2, -0.15) is 9.98 Å². The van der Waals surface area contributed by atoms with Gasteiger partial charge in [0.15, 0.2) is 0 Å². The average molecular weight is 270 g/mol. The first-order chi connectivity index (χ1) is 8.23. The van der Waals surface area contributed by atoms with Crippen molar-refractivity contribution in [2.45, 2.75) is 31.2 Å². The number of hydrogen-bond donors (Lipinski definition) is 1. The first-order valence-corrected chi connectivity index (χ1v) is 6.91. The lowest BCUT2D eigenvalue weighted by atomic mass is 9.92. The molecule has 0 aromatic heterocycles. The maximum absolute atomic E-state index is 13.5. The number of sulfonamides is 1. The molecule has 4 nitrogen and oxygen atoms in total. The van der Waals surface area contributed by atoms with Crippen LogP contribution in [0.2, 0.25) is 0 Å². The second-order valence-corrected chi connectivity index (χ2v) is 6.16. The summed E-state index contributed by atoms with van der Waals surface area (Å²) in [5, 5.41) is 9.06. The predicted molar refractivity (Wildman–Crippen MR) is 65.6 cm³/mol. The minimum absolute atomic E-state index is 0.246. The standard InChI is InChI=1S/C12H15FN2O2S/c1-9(2)12(3,8-14)15-18(16,17)11-7-5-4-6-10(11)13/h4-7,9,15H,1-3H3/t12-/m0/s1. The van der Waals surface area contributed by atoms with Crippen LogP contribution in [0, 0.1) is 23.1 Å². The van der Waals surface area contributed by atoms with Crippen LogP contribution in [0.1, 0.15) is 20.8 Å². The van der Waals surface area contributed by atoms with Crippen LogP contribution in [0.25, 0.3) is 0 Å². The zero-order valence-corrected chi connectivity index (χ0v) is 11.3. The normalized spacial score (nSPS) is 15.1. The summed E-state index contributed by atoms with van der Waals surface area (Å²) in [6.07, 6.45) is 0. The molecule has 1 atom stereocenters. The summed E-state index contributed by atoms with van der Waals surface area (Å²) in [5.74, 6) is -1.09. The molecule has 0 fully saturated rings. The molecule has 0 radical (unpaired) electrons. The molecule has 0 aliphatic heterocycles. The Bertz CT molecular complexity index is 578. The molecule has 0 aliphatic carbocycles. The van der Waals surface area contributed by atoms with E-state index in [-0.39, 0.29) is 5.92 Å². The number of halogens is 1. The van der Waals surface area contributed by atoms with Gasteiger partial charge in [0.25, 0.3) is 0 Å². The number of benzene rings is 1. The molecule has 0 saturated heterocycles. The maximum Gasteiger partial charge on any atom is 0.244 e. The largest absolute Gasteiger partial charge is 0.244 e. The van der Waals surface area contributed by atoms with Crippen LogP contribution in [0.3, 0.4) is 0 Å². The van der Waals surface area contributed by atoms with Crippen molar-refractivity contribution in [1.82, 2.24) is 4.72 Å². The Morgan fingerprint density at radius 2 is 1.94 bits per heavy atom. The molecular weight excluding hydrogens is 255 g/mol. The predicted octanol–water partition coefficient (Wildman–Crippen LogP) is 2.04. The molecule has 0 aliphatic rings. The SMILES string of the molecule is CC(C)[C@](C)(C#N)NS(=O)(=O)c1ccccc1F. The monoisotopic (exact) mass is 270 g/mol. The van der Waals surface area contributed by atoms with Crippen LogP contribution in [0.4, 0.5) is 4.39 Å². The Balaban J connectivity index is 3.19. The number of nitrogens with zero attached hydrogens (tertiary/aromatic N) is 1. The van der Waals surface area contributed by atoms with E-state index in [9.17, 15) is 12.8 Å². The molecule has 0 amide bonds. The fourth-order valence-corrected chi connectivity index (χ4v) is 2.80. The molecule has 18 heavy (non-hydrogen) atoms. The number of hydrogen-bond acceptors (Lipinski definition) is 3. The van der Waals surface area contributed by atoms with Gasteiger partial charge in [0.05, 0.1) is 6.07 Å². The average Bonchev–Trinajstić information content (AvgIpc) is 2.28. The van der Waals surface area contributed by atoms with Gasteiger partial charge in [-0.15, -0.1) is 0 Å². The van der Waals surface area contributed by atoms with E-state index in [4.69, 9.17) is 5.26 Å². The zero-order chi connectivity index (χ0) is 14.0. The molecule has 0 heterocycles. The molecule has 0 spiro atoms. The Morgan fingerprint density at radius 1 is 1.39 bits per heavy atom. The molecule has 1 aromatic rings. The molecule has 6 heteroatoms. The van der Waals surface area contributed by atoms with Crippen LogP contribution in [-0.4, -0.2) is 14.0 Å². The second kappa shape index (κ2) is 5.04. The topological polar surface area (TPSA) is 70.0 Å². The van der Waals surface area contributed by atoms with Crippen LogP contribution in [-0.2, 0) is 10.0 Å². The van der Waals surface area contributed by atoms with Gasteiger partial charge in [-0.1, -0.05) is 26.0 Å². The quantitative estimate of drug-likeness (QED) is 0.910. The zero-order valence-electron chi connectivity index (χ0n) is 10.4. The van der Waals surface area contributed by atoms with Gasteiger partial charge >= 0.3 is 0 Å². The highest BCUT2D eigenvalue weighted by atomic mass is 32.2.